The van der Waals surface area contributed by atoms with E-state index in [0.717, 1.165) is 5.69 Å². The van der Waals surface area contributed by atoms with Gasteiger partial charge >= 0.3 is 0 Å². The van der Waals surface area contributed by atoms with Crippen LogP contribution in [0.5, 0.6) is 0 Å². The first-order valence-corrected chi connectivity index (χ1v) is 5.69. The van der Waals surface area contributed by atoms with E-state index in [0.29, 0.717) is 16.8 Å². The molecule has 0 radical (unpaired) electrons. The van der Waals surface area contributed by atoms with E-state index in [4.69, 9.17) is 5.26 Å². The van der Waals surface area contributed by atoms with Crippen LogP contribution in [0, 0.1) is 30.1 Å². The Morgan fingerprint density at radius 1 is 1.11 bits per heavy atom. The van der Waals surface area contributed by atoms with E-state index < -0.39 is 0 Å². The number of carbonyl (C=O) groups excluding carboxylic acids is 1. The van der Waals surface area contributed by atoms with Gasteiger partial charge in [-0.1, -0.05) is 12.0 Å². The Balaban J connectivity index is 2.19. The van der Waals surface area contributed by atoms with Gasteiger partial charge in [0.05, 0.1) is 11.6 Å². The van der Waals surface area contributed by atoms with Crippen molar-refractivity contribution in [3.63, 3.8) is 0 Å². The minimum Gasteiger partial charge on any atom is -0.277 e. The summed E-state index contributed by atoms with van der Waals surface area (Å²) in [6, 6.07) is 14.0. The molecule has 0 saturated heterocycles. The molecular weight excluding hydrogens is 236 g/mol. The largest absolute Gasteiger partial charge is 0.277 e. The summed E-state index contributed by atoms with van der Waals surface area (Å²) in [4.78, 5) is 15.9. The second kappa shape index (κ2) is 5.62. The molecule has 0 atom stereocenters. The van der Waals surface area contributed by atoms with Crippen molar-refractivity contribution in [1.82, 2.24) is 4.98 Å². The number of Topliss-reactive ketones (excluding diaryl/α,β-unsaturated/α-hetero) is 1. The van der Waals surface area contributed by atoms with Crippen molar-refractivity contribution in [3.8, 4) is 17.9 Å². The summed E-state index contributed by atoms with van der Waals surface area (Å²) in [5.41, 5.74) is 2.39. The third-order valence-corrected chi connectivity index (χ3v) is 2.46. The number of ketones is 1. The van der Waals surface area contributed by atoms with E-state index in [1.165, 1.54) is 0 Å². The van der Waals surface area contributed by atoms with E-state index in [-0.39, 0.29) is 5.78 Å². The molecule has 0 fully saturated rings. The lowest BCUT2D eigenvalue weighted by molar-refractivity contribution is 0.105. The van der Waals surface area contributed by atoms with Crippen LogP contribution < -0.4 is 0 Å². The number of rotatable bonds is 1. The normalized spacial score (nSPS) is 9.05. The number of nitriles is 1. The van der Waals surface area contributed by atoms with Gasteiger partial charge in [0.15, 0.2) is 0 Å². The molecule has 19 heavy (non-hydrogen) atoms. The van der Waals surface area contributed by atoms with Gasteiger partial charge in [-0.15, -0.1) is 0 Å². The predicted octanol–water partition coefficient (Wildman–Crippen LogP) is 2.50. The van der Waals surface area contributed by atoms with Crippen LogP contribution in [-0.2, 0) is 0 Å². The number of aryl methyl sites for hydroxylation is 1. The van der Waals surface area contributed by atoms with Gasteiger partial charge in [-0.2, -0.15) is 5.26 Å². The zero-order valence-corrected chi connectivity index (χ0v) is 10.3. The van der Waals surface area contributed by atoms with Crippen molar-refractivity contribution in [2.24, 2.45) is 0 Å². The second-order valence-electron chi connectivity index (χ2n) is 3.93. The Kier molecular flexibility index (Phi) is 3.71. The van der Waals surface area contributed by atoms with Gasteiger partial charge in [-0.05, 0) is 49.2 Å². The highest BCUT2D eigenvalue weighted by molar-refractivity contribution is 6.08. The third-order valence-electron chi connectivity index (χ3n) is 2.46. The minimum absolute atomic E-state index is 0.312. The van der Waals surface area contributed by atoms with Crippen LogP contribution in [0.1, 0.15) is 27.3 Å². The molecule has 1 aromatic carbocycles. The Morgan fingerprint density at radius 2 is 1.79 bits per heavy atom. The molecule has 0 amide bonds. The maximum absolute atomic E-state index is 11.8. The van der Waals surface area contributed by atoms with E-state index in [1.54, 1.807) is 36.4 Å². The van der Waals surface area contributed by atoms with Gasteiger partial charge in [0.2, 0.25) is 0 Å². The molecule has 0 unspecified atom stereocenters. The number of hydrogen-bond acceptors (Lipinski definition) is 3. The van der Waals surface area contributed by atoms with Crippen LogP contribution in [0.15, 0.2) is 42.5 Å². The molecule has 1 aromatic heterocycles. The maximum atomic E-state index is 11.8. The van der Waals surface area contributed by atoms with Gasteiger partial charge in [0.25, 0.3) is 5.78 Å². The van der Waals surface area contributed by atoms with Crippen LogP contribution in [0.25, 0.3) is 0 Å². The fourth-order valence-electron chi connectivity index (χ4n) is 1.49. The lowest BCUT2D eigenvalue weighted by atomic mass is 10.1. The molecule has 1 heterocycles. The van der Waals surface area contributed by atoms with Gasteiger partial charge in [-0.3, -0.25) is 4.79 Å². The SMILES string of the molecule is Cc1cccc(C(=O)C#Cc2ccc(C#N)cc2)n1. The van der Waals surface area contributed by atoms with Gasteiger partial charge in [0, 0.05) is 11.3 Å². The first-order chi connectivity index (χ1) is 9.19. The summed E-state index contributed by atoms with van der Waals surface area (Å²) in [6.07, 6.45) is 0. The lowest BCUT2D eigenvalue weighted by Crippen LogP contribution is -1.99. The number of hydrogen-bond donors (Lipinski definition) is 0. The van der Waals surface area contributed by atoms with Gasteiger partial charge in [-0.25, -0.2) is 4.98 Å². The summed E-state index contributed by atoms with van der Waals surface area (Å²) >= 11 is 0. The summed E-state index contributed by atoms with van der Waals surface area (Å²) < 4.78 is 0. The highest BCUT2D eigenvalue weighted by Crippen LogP contribution is 2.02. The number of benzene rings is 1. The second-order valence-corrected chi connectivity index (χ2v) is 3.93. The van der Waals surface area contributed by atoms with Crippen LogP contribution >= 0.6 is 0 Å². The van der Waals surface area contributed by atoms with Crippen molar-refractivity contribution >= 4 is 5.78 Å². The van der Waals surface area contributed by atoms with E-state index >= 15 is 0 Å². The van der Waals surface area contributed by atoms with Crippen molar-refractivity contribution in [3.05, 3.63) is 65.0 Å². The number of aromatic nitrogens is 1. The molecule has 3 nitrogen and oxygen atoms in total. The van der Waals surface area contributed by atoms with Crippen molar-refractivity contribution in [1.29, 1.82) is 5.26 Å². The fraction of sp³-hybridized carbons (Fsp3) is 0.0625. The molecule has 0 N–H and O–H groups in total. The Morgan fingerprint density at radius 3 is 2.42 bits per heavy atom. The molecule has 3 heteroatoms. The standard InChI is InChI=1S/C16H10N2O/c1-12-3-2-4-15(18-12)16(19)10-9-13-5-7-14(11-17)8-6-13/h2-8H,1H3. The monoisotopic (exact) mass is 246 g/mol. The van der Waals surface area contributed by atoms with E-state index in [2.05, 4.69) is 16.8 Å². The number of nitrogens with zero attached hydrogens (tertiary/aromatic N) is 2. The molecule has 0 aliphatic rings. The van der Waals surface area contributed by atoms with Crippen LogP contribution in [-0.4, -0.2) is 10.8 Å². The smallest absolute Gasteiger partial charge is 0.254 e. The highest BCUT2D eigenvalue weighted by atomic mass is 16.1. The average Bonchev–Trinajstić information content (AvgIpc) is 2.45. The molecule has 0 spiro atoms. The first kappa shape index (κ1) is 12.5. The van der Waals surface area contributed by atoms with Crippen LogP contribution in [0.3, 0.4) is 0 Å². The minimum atomic E-state index is -0.312. The van der Waals surface area contributed by atoms with Crippen molar-refractivity contribution < 1.29 is 4.79 Å². The van der Waals surface area contributed by atoms with Crippen LogP contribution in [0.2, 0.25) is 0 Å². The van der Waals surface area contributed by atoms with Crippen molar-refractivity contribution in [2.75, 3.05) is 0 Å². The maximum Gasteiger partial charge on any atom is 0.254 e. The Hall–Kier alpha value is -2.91. The van der Waals surface area contributed by atoms with Gasteiger partial charge < -0.3 is 0 Å². The number of pyridine rings is 1. The molecule has 90 valence electrons. The Labute approximate surface area is 111 Å². The predicted molar refractivity (Wildman–Crippen MR) is 71.3 cm³/mol. The zero-order chi connectivity index (χ0) is 13.7. The van der Waals surface area contributed by atoms with Gasteiger partial charge in [0.1, 0.15) is 5.69 Å². The molecule has 0 saturated carbocycles. The first-order valence-electron chi connectivity index (χ1n) is 5.69. The summed E-state index contributed by atoms with van der Waals surface area (Å²) in [7, 11) is 0. The van der Waals surface area contributed by atoms with Crippen LogP contribution in [0.4, 0.5) is 0 Å². The summed E-state index contributed by atoms with van der Waals surface area (Å²) in [5, 5.41) is 8.67. The summed E-state index contributed by atoms with van der Waals surface area (Å²) in [5.74, 6) is 5.00. The molecule has 0 aliphatic heterocycles. The zero-order valence-electron chi connectivity index (χ0n) is 10.3. The molecule has 2 rings (SSSR count). The average molecular weight is 246 g/mol. The molecule has 0 bridgehead atoms. The molecular formula is C16H10N2O. The topological polar surface area (TPSA) is 53.8 Å². The lowest BCUT2D eigenvalue weighted by Gasteiger charge is -1.94. The summed E-state index contributed by atoms with van der Waals surface area (Å²) in [6.45, 7) is 1.82. The molecule has 0 aliphatic carbocycles. The van der Waals surface area contributed by atoms with E-state index in [9.17, 15) is 4.79 Å². The Bertz CT molecular complexity index is 713. The highest BCUT2D eigenvalue weighted by Gasteiger charge is 2.02. The molecule has 2 aromatic rings. The van der Waals surface area contributed by atoms with Crippen molar-refractivity contribution in [2.45, 2.75) is 6.92 Å². The van der Waals surface area contributed by atoms with E-state index in [1.807, 2.05) is 19.1 Å². The fourth-order valence-corrected chi connectivity index (χ4v) is 1.49. The number of carbonyl (C=O) groups is 1. The quantitative estimate of drug-likeness (QED) is 0.573. The third kappa shape index (κ3) is 3.28.